The molecule has 0 aliphatic carbocycles. The Hall–Kier alpha value is 0.0569. The number of rotatable bonds is 21. The minimum absolute atomic E-state index is 0.0598. The highest BCUT2D eigenvalue weighted by Gasteiger charge is 2.16. The first-order valence-electron chi connectivity index (χ1n) is 12.3. The van der Waals surface area contributed by atoms with Crippen LogP contribution in [0.5, 0.6) is 0 Å². The molecule has 0 aromatic carbocycles. The third kappa shape index (κ3) is 22.3. The predicted molar refractivity (Wildman–Crippen MR) is 124 cm³/mol. The van der Waals surface area contributed by atoms with Crippen LogP contribution in [0.1, 0.15) is 109 Å². The van der Waals surface area contributed by atoms with Crippen molar-refractivity contribution in [3.63, 3.8) is 0 Å². The number of aliphatic hydroxyl groups is 3. The van der Waals surface area contributed by atoms with E-state index in [4.69, 9.17) is 15.3 Å². The van der Waals surface area contributed by atoms with E-state index in [-0.39, 0.29) is 6.42 Å². The number of nitrogens with zero attached hydrogens (tertiary/aromatic N) is 1. The summed E-state index contributed by atoms with van der Waals surface area (Å²) in [5.41, 5.74) is 0. The maximum absolute atomic E-state index is 8.80. The standard InChI is InChI=1S/C23H52NO3Si/c1-24(2,21-18-22-28)20-17-15-13-11-9-7-5-3-4-6-8-10-12-14-16-19-23(25,26)27/h25-27H,3-22H2,1-2,28H3/q+1. The van der Waals surface area contributed by atoms with E-state index in [1.54, 1.807) is 0 Å². The fraction of sp³-hybridized carbons (Fsp3) is 1.00. The van der Waals surface area contributed by atoms with Gasteiger partial charge >= 0.3 is 0 Å². The van der Waals surface area contributed by atoms with Crippen LogP contribution in [-0.2, 0) is 0 Å². The molecule has 0 fully saturated rings. The monoisotopic (exact) mass is 418 g/mol. The molecule has 0 radical (unpaired) electrons. The highest BCUT2D eigenvalue weighted by atomic mass is 28.1. The van der Waals surface area contributed by atoms with E-state index in [0.717, 1.165) is 12.8 Å². The first kappa shape index (κ1) is 28.1. The lowest BCUT2D eigenvalue weighted by atomic mass is 10.0. The first-order valence-corrected chi connectivity index (χ1v) is 13.7. The maximum Gasteiger partial charge on any atom is 0.275 e. The fourth-order valence-corrected chi connectivity index (χ4v) is 4.21. The maximum atomic E-state index is 8.80. The Morgan fingerprint density at radius 1 is 0.536 bits per heavy atom. The first-order chi connectivity index (χ1) is 13.3. The summed E-state index contributed by atoms with van der Waals surface area (Å²) in [6, 6.07) is 1.45. The molecule has 3 N–H and O–H groups in total. The van der Waals surface area contributed by atoms with E-state index >= 15 is 0 Å². The lowest BCUT2D eigenvalue weighted by molar-refractivity contribution is -0.890. The zero-order valence-corrected chi connectivity index (χ0v) is 21.4. The third-order valence-corrected chi connectivity index (χ3v) is 6.60. The Kier molecular flexibility index (Phi) is 17.9. The smallest absolute Gasteiger partial charge is 0.275 e. The molecule has 4 nitrogen and oxygen atoms in total. The minimum atomic E-state index is -2.47. The molecule has 0 amide bonds. The van der Waals surface area contributed by atoms with E-state index in [1.807, 2.05) is 0 Å². The molecule has 0 saturated carbocycles. The van der Waals surface area contributed by atoms with Crippen LogP contribution in [0.4, 0.5) is 0 Å². The molecule has 0 aromatic rings. The zero-order valence-electron chi connectivity index (χ0n) is 19.4. The largest absolute Gasteiger partial charge is 0.344 e. The van der Waals surface area contributed by atoms with Crippen LogP contribution in [0.25, 0.3) is 0 Å². The van der Waals surface area contributed by atoms with Crippen LogP contribution < -0.4 is 0 Å². The average Bonchev–Trinajstić information content (AvgIpc) is 2.61. The Morgan fingerprint density at radius 3 is 1.21 bits per heavy atom. The van der Waals surface area contributed by atoms with Crippen molar-refractivity contribution in [2.24, 2.45) is 0 Å². The summed E-state index contributed by atoms with van der Waals surface area (Å²) in [7, 11) is 6.14. The average molecular weight is 419 g/mol. The molecular weight excluding hydrogens is 366 g/mol. The van der Waals surface area contributed by atoms with Crippen molar-refractivity contribution >= 4 is 10.2 Å². The summed E-state index contributed by atoms with van der Waals surface area (Å²) in [6.07, 6.45) is 20.7. The second-order valence-corrected chi connectivity index (χ2v) is 10.6. The molecule has 170 valence electrons. The van der Waals surface area contributed by atoms with E-state index in [2.05, 4.69) is 14.1 Å². The molecule has 28 heavy (non-hydrogen) atoms. The van der Waals surface area contributed by atoms with Gasteiger partial charge in [-0.05, 0) is 25.7 Å². The lowest BCUT2D eigenvalue weighted by Crippen LogP contribution is -2.41. The molecule has 0 bridgehead atoms. The van der Waals surface area contributed by atoms with Gasteiger partial charge < -0.3 is 19.8 Å². The van der Waals surface area contributed by atoms with E-state index < -0.39 is 5.97 Å². The Bertz CT molecular complexity index is 332. The van der Waals surface area contributed by atoms with Crippen LogP contribution >= 0.6 is 0 Å². The van der Waals surface area contributed by atoms with Crippen LogP contribution in [0.3, 0.4) is 0 Å². The number of hydrogen-bond donors (Lipinski definition) is 3. The number of hydrogen-bond acceptors (Lipinski definition) is 3. The van der Waals surface area contributed by atoms with Gasteiger partial charge in [-0.25, -0.2) is 0 Å². The van der Waals surface area contributed by atoms with Crippen LogP contribution in [0.15, 0.2) is 0 Å². The molecule has 0 aromatic heterocycles. The van der Waals surface area contributed by atoms with Crippen molar-refractivity contribution in [2.45, 2.75) is 121 Å². The van der Waals surface area contributed by atoms with Gasteiger partial charge in [-0.3, -0.25) is 0 Å². The van der Waals surface area contributed by atoms with Gasteiger partial charge in [0.2, 0.25) is 0 Å². The van der Waals surface area contributed by atoms with Crippen molar-refractivity contribution in [1.29, 1.82) is 0 Å². The predicted octanol–water partition coefficient (Wildman–Crippen LogP) is 4.11. The van der Waals surface area contributed by atoms with Gasteiger partial charge in [-0.15, -0.1) is 0 Å². The van der Waals surface area contributed by atoms with E-state index in [1.165, 1.54) is 117 Å². The van der Waals surface area contributed by atoms with Gasteiger partial charge in [0, 0.05) is 16.7 Å². The van der Waals surface area contributed by atoms with E-state index in [9.17, 15) is 0 Å². The van der Waals surface area contributed by atoms with Gasteiger partial charge in [-0.1, -0.05) is 83.1 Å². The third-order valence-electron chi connectivity index (χ3n) is 5.89. The highest BCUT2D eigenvalue weighted by molar-refractivity contribution is 6.08. The number of unbranched alkanes of at least 4 members (excludes halogenated alkanes) is 14. The highest BCUT2D eigenvalue weighted by Crippen LogP contribution is 2.15. The lowest BCUT2D eigenvalue weighted by Gasteiger charge is -2.29. The molecular formula is C23H52NO3Si+. The Balaban J connectivity index is 3.18. The molecule has 0 atom stereocenters. The van der Waals surface area contributed by atoms with Gasteiger partial charge in [0.15, 0.2) is 0 Å². The molecule has 0 aliphatic rings. The molecule has 0 unspecified atom stereocenters. The molecule has 0 saturated heterocycles. The van der Waals surface area contributed by atoms with Crippen molar-refractivity contribution in [3.8, 4) is 0 Å². The molecule has 0 heterocycles. The summed E-state index contributed by atoms with van der Waals surface area (Å²) in [4.78, 5) is 0. The summed E-state index contributed by atoms with van der Waals surface area (Å²) < 4.78 is 1.22. The van der Waals surface area contributed by atoms with Crippen molar-refractivity contribution in [2.75, 3.05) is 27.2 Å². The topological polar surface area (TPSA) is 60.7 Å². The van der Waals surface area contributed by atoms with Crippen molar-refractivity contribution in [1.82, 2.24) is 0 Å². The summed E-state index contributed by atoms with van der Waals surface area (Å²) in [5.74, 6) is -2.47. The fourth-order valence-electron chi connectivity index (χ4n) is 3.90. The van der Waals surface area contributed by atoms with Gasteiger partial charge in [0.05, 0.1) is 27.2 Å². The number of quaternary nitrogens is 1. The summed E-state index contributed by atoms with van der Waals surface area (Å²) >= 11 is 0. The van der Waals surface area contributed by atoms with Crippen LogP contribution in [0.2, 0.25) is 6.04 Å². The second kappa shape index (κ2) is 17.9. The zero-order chi connectivity index (χ0) is 21.1. The quantitative estimate of drug-likeness (QED) is 0.114. The van der Waals surface area contributed by atoms with E-state index in [0.29, 0.717) is 6.42 Å². The Labute approximate surface area is 178 Å². The Morgan fingerprint density at radius 2 is 0.857 bits per heavy atom. The summed E-state index contributed by atoms with van der Waals surface area (Å²) in [6.45, 7) is 2.72. The molecule has 0 spiro atoms. The minimum Gasteiger partial charge on any atom is -0.344 e. The molecule has 0 aliphatic heterocycles. The SMILES string of the molecule is C[N+](C)(CCC[SiH3])CCCCCCCCCCCCCCCCCC(O)(O)O. The van der Waals surface area contributed by atoms with Crippen LogP contribution in [-0.4, -0.2) is 63.2 Å². The second-order valence-electron chi connectivity index (χ2n) is 9.56. The summed E-state index contributed by atoms with van der Waals surface area (Å²) in [5, 5.41) is 26.4. The normalized spacial score (nSPS) is 12.8. The van der Waals surface area contributed by atoms with Gasteiger partial charge in [-0.2, -0.15) is 0 Å². The van der Waals surface area contributed by atoms with Crippen LogP contribution in [0, 0.1) is 0 Å². The van der Waals surface area contributed by atoms with Crippen molar-refractivity contribution in [3.05, 3.63) is 0 Å². The van der Waals surface area contributed by atoms with Crippen molar-refractivity contribution < 1.29 is 19.8 Å². The van der Waals surface area contributed by atoms with Gasteiger partial charge in [0.25, 0.3) is 5.97 Å². The molecule has 0 rings (SSSR count). The molecule has 5 heteroatoms. The van der Waals surface area contributed by atoms with Gasteiger partial charge in [0.1, 0.15) is 0 Å².